The number of H-pyrrole nitrogens is 1. The summed E-state index contributed by atoms with van der Waals surface area (Å²) in [4.78, 5) is 15.9. The minimum Gasteiger partial charge on any atom is -0.457 e. The molecule has 152 valence electrons. The lowest BCUT2D eigenvalue weighted by atomic mass is 10.1. The summed E-state index contributed by atoms with van der Waals surface area (Å²) in [5, 5.41) is 11.3. The Balaban J connectivity index is 1.63. The Bertz CT molecular complexity index is 1430. The number of hydrogen-bond donors (Lipinski definition) is 3. The number of carbonyl (C=O) groups is 1. The van der Waals surface area contributed by atoms with Gasteiger partial charge in [0.1, 0.15) is 33.9 Å². The van der Waals surface area contributed by atoms with Crippen molar-refractivity contribution in [2.75, 3.05) is 5.73 Å². The van der Waals surface area contributed by atoms with Gasteiger partial charge in [-0.05, 0) is 48.5 Å². The summed E-state index contributed by atoms with van der Waals surface area (Å²) in [6.45, 7) is 0. The van der Waals surface area contributed by atoms with Gasteiger partial charge in [-0.2, -0.15) is 5.10 Å². The fourth-order valence-electron chi connectivity index (χ4n) is 3.53. The molecule has 0 spiro atoms. The van der Waals surface area contributed by atoms with Gasteiger partial charge in [0.25, 0.3) is 0 Å². The lowest BCUT2D eigenvalue weighted by Gasteiger charge is -2.06. The maximum absolute atomic E-state index is 12.7. The number of amides is 1. The largest absolute Gasteiger partial charge is 0.457 e. The maximum atomic E-state index is 12.7. The van der Waals surface area contributed by atoms with E-state index in [1.807, 2.05) is 54.6 Å². The normalized spacial score (nSPS) is 11.5. The standard InChI is InChI=1S/C22H17N7O2/c23-16-7-4-8-17-20(16)29-21(25-17)18(22(30)26-28-24)19(27-29)13-9-11-15(12-10-13)31-14-5-2-1-3-6-14/h1-12,25H,23H2,(H2,24,26,30). The molecule has 0 unspecified atom stereocenters. The fourth-order valence-corrected chi connectivity index (χ4v) is 3.53. The van der Waals surface area contributed by atoms with Gasteiger partial charge in [0.2, 0.25) is 0 Å². The van der Waals surface area contributed by atoms with Crippen LogP contribution in [0.5, 0.6) is 11.5 Å². The molecule has 0 bridgehead atoms. The fraction of sp³-hybridized carbons (Fsp3) is 0. The van der Waals surface area contributed by atoms with Crippen LogP contribution in [0.15, 0.2) is 83.1 Å². The van der Waals surface area contributed by atoms with E-state index in [0.29, 0.717) is 33.9 Å². The first-order valence-corrected chi connectivity index (χ1v) is 9.43. The Morgan fingerprint density at radius 2 is 1.71 bits per heavy atom. The van der Waals surface area contributed by atoms with E-state index in [1.165, 1.54) is 0 Å². The number of aromatic nitrogens is 3. The second-order valence-corrected chi connectivity index (χ2v) is 6.81. The van der Waals surface area contributed by atoms with Crippen molar-refractivity contribution in [3.8, 4) is 22.8 Å². The minimum absolute atomic E-state index is 0.251. The highest BCUT2D eigenvalue weighted by molar-refractivity contribution is 6.08. The molecule has 0 atom stereocenters. The molecule has 5 aromatic rings. The molecule has 2 heterocycles. The lowest BCUT2D eigenvalue weighted by Crippen LogP contribution is -1.98. The molecule has 0 saturated carbocycles. The molecule has 2 aromatic heterocycles. The Kier molecular flexibility index (Phi) is 4.33. The third-order valence-electron chi connectivity index (χ3n) is 4.89. The summed E-state index contributed by atoms with van der Waals surface area (Å²) in [7, 11) is 0. The number of imidazole rings is 1. The summed E-state index contributed by atoms with van der Waals surface area (Å²) >= 11 is 0. The molecule has 5 N–H and O–H groups in total. The number of benzene rings is 3. The number of nitrogens with one attached hydrogen (secondary N) is 1. The predicted octanol–water partition coefficient (Wildman–Crippen LogP) is 4.32. The van der Waals surface area contributed by atoms with Crippen molar-refractivity contribution >= 4 is 28.3 Å². The summed E-state index contributed by atoms with van der Waals surface area (Å²) in [6.07, 6.45) is 0. The molecule has 9 nitrogen and oxygen atoms in total. The van der Waals surface area contributed by atoms with Crippen LogP contribution < -0.4 is 16.3 Å². The number of ether oxygens (including phenoxy) is 1. The number of nitrogens with zero attached hydrogens (tertiary/aromatic N) is 4. The molecule has 3 aromatic carbocycles. The van der Waals surface area contributed by atoms with Crippen LogP contribution in [0.3, 0.4) is 0 Å². The number of aromatic amines is 1. The van der Waals surface area contributed by atoms with E-state index in [0.717, 1.165) is 11.3 Å². The molecule has 31 heavy (non-hydrogen) atoms. The van der Waals surface area contributed by atoms with Crippen LogP contribution in [0.2, 0.25) is 0 Å². The number of rotatable bonds is 4. The predicted molar refractivity (Wildman–Crippen MR) is 117 cm³/mol. The van der Waals surface area contributed by atoms with Crippen LogP contribution in [-0.4, -0.2) is 20.5 Å². The Labute approximate surface area is 175 Å². The Hall–Kier alpha value is -4.66. The van der Waals surface area contributed by atoms with Gasteiger partial charge in [0, 0.05) is 5.56 Å². The van der Waals surface area contributed by atoms with Gasteiger partial charge in [-0.25, -0.2) is 4.52 Å². The van der Waals surface area contributed by atoms with E-state index in [-0.39, 0.29) is 5.56 Å². The zero-order valence-electron chi connectivity index (χ0n) is 16.2. The van der Waals surface area contributed by atoms with Crippen LogP contribution in [0.1, 0.15) is 10.4 Å². The molecule has 0 saturated heterocycles. The van der Waals surface area contributed by atoms with Crippen LogP contribution in [-0.2, 0) is 0 Å². The van der Waals surface area contributed by atoms with Gasteiger partial charge >= 0.3 is 5.91 Å². The number of hydrogen-bond acceptors (Lipinski definition) is 5. The number of nitrogen functional groups attached to an aromatic ring is 1. The Morgan fingerprint density at radius 1 is 0.968 bits per heavy atom. The summed E-state index contributed by atoms with van der Waals surface area (Å²) in [6, 6.07) is 22.2. The van der Waals surface area contributed by atoms with Gasteiger partial charge < -0.3 is 21.3 Å². The highest BCUT2D eigenvalue weighted by atomic mass is 16.5. The van der Waals surface area contributed by atoms with Crippen molar-refractivity contribution in [1.82, 2.24) is 14.6 Å². The molecule has 0 aliphatic heterocycles. The average molecular weight is 411 g/mol. The van der Waals surface area contributed by atoms with E-state index < -0.39 is 5.91 Å². The van der Waals surface area contributed by atoms with Gasteiger partial charge in [-0.1, -0.05) is 34.6 Å². The van der Waals surface area contributed by atoms with E-state index >= 15 is 0 Å². The number of para-hydroxylation sites is 2. The van der Waals surface area contributed by atoms with Crippen LogP contribution >= 0.6 is 0 Å². The molecule has 0 aliphatic carbocycles. The van der Waals surface area contributed by atoms with Crippen molar-refractivity contribution < 1.29 is 9.53 Å². The highest BCUT2D eigenvalue weighted by Gasteiger charge is 2.24. The van der Waals surface area contributed by atoms with E-state index in [2.05, 4.69) is 20.4 Å². The topological polar surface area (TPSA) is 136 Å². The maximum Gasteiger partial charge on any atom is 0.303 e. The lowest BCUT2D eigenvalue weighted by molar-refractivity contribution is 0.0995. The van der Waals surface area contributed by atoms with Crippen molar-refractivity contribution in [3.05, 3.63) is 78.4 Å². The first-order valence-electron chi connectivity index (χ1n) is 9.43. The van der Waals surface area contributed by atoms with Crippen molar-refractivity contribution in [3.63, 3.8) is 0 Å². The second-order valence-electron chi connectivity index (χ2n) is 6.81. The van der Waals surface area contributed by atoms with Gasteiger partial charge in [0.05, 0.1) is 11.2 Å². The minimum atomic E-state index is -0.609. The first kappa shape index (κ1) is 18.4. The van der Waals surface area contributed by atoms with Crippen LogP contribution in [0, 0.1) is 0 Å². The number of fused-ring (bicyclic) bond motifs is 3. The summed E-state index contributed by atoms with van der Waals surface area (Å²) in [5.74, 6) is 5.90. The van der Waals surface area contributed by atoms with Crippen molar-refractivity contribution in [1.29, 1.82) is 0 Å². The molecular formula is C22H17N7O2. The summed E-state index contributed by atoms with van der Waals surface area (Å²) < 4.78 is 7.44. The van der Waals surface area contributed by atoms with Gasteiger partial charge in [-0.3, -0.25) is 4.79 Å². The van der Waals surface area contributed by atoms with Crippen molar-refractivity contribution in [2.24, 2.45) is 16.2 Å². The molecular weight excluding hydrogens is 394 g/mol. The van der Waals surface area contributed by atoms with Gasteiger partial charge in [0.15, 0.2) is 0 Å². The van der Waals surface area contributed by atoms with Gasteiger partial charge in [-0.15, -0.1) is 0 Å². The molecule has 1 amide bonds. The highest BCUT2D eigenvalue weighted by Crippen LogP contribution is 2.32. The number of carbonyl (C=O) groups excluding carboxylic acids is 1. The SMILES string of the molecule is NN=NC(=O)c1c(-c2ccc(Oc3ccccc3)cc2)nn2c1[nH]c1cccc(N)c12. The molecule has 9 heteroatoms. The first-order chi connectivity index (χ1) is 15.2. The zero-order chi connectivity index (χ0) is 21.4. The van der Waals surface area contributed by atoms with Crippen LogP contribution in [0.4, 0.5) is 5.69 Å². The van der Waals surface area contributed by atoms with E-state index in [4.69, 9.17) is 16.3 Å². The van der Waals surface area contributed by atoms with E-state index in [1.54, 1.807) is 22.7 Å². The van der Waals surface area contributed by atoms with Crippen LogP contribution in [0.25, 0.3) is 27.9 Å². The number of nitrogens with two attached hydrogens (primary N) is 2. The third kappa shape index (κ3) is 3.14. The molecule has 0 radical (unpaired) electrons. The second kappa shape index (κ2) is 7.30. The third-order valence-corrected chi connectivity index (χ3v) is 4.89. The smallest absolute Gasteiger partial charge is 0.303 e. The molecule has 0 aliphatic rings. The van der Waals surface area contributed by atoms with Crippen molar-refractivity contribution in [2.45, 2.75) is 0 Å². The van der Waals surface area contributed by atoms with E-state index in [9.17, 15) is 4.79 Å². The monoisotopic (exact) mass is 411 g/mol. The Morgan fingerprint density at radius 3 is 2.45 bits per heavy atom. The average Bonchev–Trinajstić information content (AvgIpc) is 3.31. The summed E-state index contributed by atoms with van der Waals surface area (Å²) in [5.41, 5.74) is 9.95. The zero-order valence-corrected chi connectivity index (χ0v) is 16.2. The molecule has 5 rings (SSSR count). The number of anilines is 1. The molecule has 0 fully saturated rings. The quantitative estimate of drug-likeness (QED) is 0.175.